The van der Waals surface area contributed by atoms with Crippen molar-refractivity contribution in [3.05, 3.63) is 49.6 Å². The van der Waals surface area contributed by atoms with Crippen LogP contribution in [0.2, 0.25) is 0 Å². The summed E-state index contributed by atoms with van der Waals surface area (Å²) in [6.45, 7) is 11.4. The van der Waals surface area contributed by atoms with Gasteiger partial charge in [0, 0.05) is 0 Å². The smallest absolute Gasteiger partial charge is 0.00446 e. The van der Waals surface area contributed by atoms with Gasteiger partial charge in [0.15, 0.2) is 0 Å². The highest BCUT2D eigenvalue weighted by Crippen LogP contribution is 2.29. The molecular weight excluding hydrogens is 144 g/mol. The summed E-state index contributed by atoms with van der Waals surface area (Å²) in [4.78, 5) is 0. The second kappa shape index (κ2) is 4.10. The Morgan fingerprint density at radius 2 is 2.00 bits per heavy atom. The lowest BCUT2D eigenvalue weighted by Crippen LogP contribution is -2.10. The Morgan fingerprint density at radius 1 is 1.25 bits per heavy atom. The fourth-order valence-electron chi connectivity index (χ4n) is 1.64. The van der Waals surface area contributed by atoms with Gasteiger partial charge in [-0.15, -0.1) is 13.2 Å². The topological polar surface area (TPSA) is 0 Å². The van der Waals surface area contributed by atoms with Crippen LogP contribution in [0, 0.1) is 11.8 Å². The minimum atomic E-state index is 0.509. The summed E-state index contributed by atoms with van der Waals surface area (Å²) in [5.41, 5.74) is 1.33. The summed E-state index contributed by atoms with van der Waals surface area (Å²) in [6.07, 6.45) is 10.5. The molecular formula is C12H16. The number of rotatable bonds is 3. The third-order valence-electron chi connectivity index (χ3n) is 2.40. The number of allylic oxidation sites excluding steroid dienone is 5. The van der Waals surface area contributed by atoms with E-state index >= 15 is 0 Å². The Morgan fingerprint density at radius 3 is 2.50 bits per heavy atom. The van der Waals surface area contributed by atoms with Gasteiger partial charge in [-0.05, 0) is 24.7 Å². The van der Waals surface area contributed by atoms with Crippen LogP contribution >= 0.6 is 0 Å². The van der Waals surface area contributed by atoms with Gasteiger partial charge in [0.25, 0.3) is 0 Å². The van der Waals surface area contributed by atoms with E-state index in [9.17, 15) is 0 Å². The summed E-state index contributed by atoms with van der Waals surface area (Å²) in [5.74, 6) is 1.11. The van der Waals surface area contributed by atoms with Gasteiger partial charge >= 0.3 is 0 Å². The summed E-state index contributed by atoms with van der Waals surface area (Å²) < 4.78 is 0. The molecule has 64 valence electrons. The van der Waals surface area contributed by atoms with Crippen LogP contribution in [0.5, 0.6) is 0 Å². The Bertz CT molecular complexity index is 220. The molecule has 0 aromatic rings. The lowest BCUT2D eigenvalue weighted by Gasteiger charge is -2.23. The maximum Gasteiger partial charge on any atom is -0.00446 e. The zero-order valence-electron chi connectivity index (χ0n) is 7.50. The lowest BCUT2D eigenvalue weighted by molar-refractivity contribution is 0.510. The van der Waals surface area contributed by atoms with Gasteiger partial charge in [-0.2, -0.15) is 0 Å². The molecule has 0 heteroatoms. The van der Waals surface area contributed by atoms with E-state index in [2.05, 4.69) is 25.8 Å². The Labute approximate surface area is 75.0 Å². The largest absolute Gasteiger partial charge is 0.103 e. The third kappa shape index (κ3) is 1.97. The van der Waals surface area contributed by atoms with Gasteiger partial charge in [0.2, 0.25) is 0 Å². The van der Waals surface area contributed by atoms with Crippen molar-refractivity contribution in [3.8, 4) is 0 Å². The van der Waals surface area contributed by atoms with E-state index in [-0.39, 0.29) is 0 Å². The maximum absolute atomic E-state index is 3.83. The van der Waals surface area contributed by atoms with Crippen LogP contribution in [0.25, 0.3) is 0 Å². The fraction of sp³-hybridized carbons (Fsp3) is 0.333. The van der Waals surface area contributed by atoms with E-state index < -0.39 is 0 Å². The normalized spacial score (nSPS) is 28.8. The Hall–Kier alpha value is -1.04. The van der Waals surface area contributed by atoms with Crippen LogP contribution in [0.3, 0.4) is 0 Å². The third-order valence-corrected chi connectivity index (χ3v) is 2.40. The second-order valence-electron chi connectivity index (χ2n) is 3.28. The zero-order chi connectivity index (χ0) is 8.97. The molecule has 0 saturated heterocycles. The molecule has 0 nitrogen and oxygen atoms in total. The number of hydrogen-bond donors (Lipinski definition) is 0. The van der Waals surface area contributed by atoms with Crippen molar-refractivity contribution in [3.63, 3.8) is 0 Å². The average Bonchev–Trinajstić information content (AvgIpc) is 2.16. The molecule has 1 aliphatic carbocycles. The van der Waals surface area contributed by atoms with Crippen molar-refractivity contribution in [1.82, 2.24) is 0 Å². The van der Waals surface area contributed by atoms with Crippen LogP contribution in [0.15, 0.2) is 49.6 Å². The highest BCUT2D eigenvalue weighted by Gasteiger charge is 2.16. The molecule has 2 unspecified atom stereocenters. The Balaban J connectivity index is 2.76. The van der Waals surface area contributed by atoms with Gasteiger partial charge < -0.3 is 0 Å². The van der Waals surface area contributed by atoms with Crippen LogP contribution in [0.4, 0.5) is 0 Å². The summed E-state index contributed by atoms with van der Waals surface area (Å²) >= 11 is 0. The van der Waals surface area contributed by atoms with Crippen molar-refractivity contribution in [2.24, 2.45) is 11.8 Å². The first-order chi connectivity index (χ1) is 5.80. The minimum absolute atomic E-state index is 0.509. The molecule has 0 aromatic heterocycles. The first-order valence-electron chi connectivity index (χ1n) is 4.38. The molecule has 0 amide bonds. The molecule has 0 radical (unpaired) electrons. The fourth-order valence-corrected chi connectivity index (χ4v) is 1.64. The van der Waals surface area contributed by atoms with Crippen molar-refractivity contribution < 1.29 is 0 Å². The molecule has 0 N–H and O–H groups in total. The van der Waals surface area contributed by atoms with E-state index in [0.717, 1.165) is 12.8 Å². The van der Waals surface area contributed by atoms with Crippen molar-refractivity contribution in [2.45, 2.75) is 12.8 Å². The highest BCUT2D eigenvalue weighted by atomic mass is 14.2. The van der Waals surface area contributed by atoms with Gasteiger partial charge in [-0.25, -0.2) is 0 Å². The summed E-state index contributed by atoms with van der Waals surface area (Å²) in [5, 5.41) is 0. The van der Waals surface area contributed by atoms with E-state index in [1.165, 1.54) is 5.57 Å². The standard InChI is InChI=1S/C12H16/c1-4-10-7-11(5-2)9-12(6-3)8-10/h4-7,10,12H,1-3,8-9H2. The first kappa shape index (κ1) is 9.05. The molecule has 0 aliphatic heterocycles. The molecule has 0 heterocycles. The van der Waals surface area contributed by atoms with Gasteiger partial charge in [0.1, 0.15) is 0 Å². The van der Waals surface area contributed by atoms with Crippen molar-refractivity contribution in [2.75, 3.05) is 0 Å². The van der Waals surface area contributed by atoms with Gasteiger partial charge in [-0.1, -0.05) is 36.5 Å². The summed E-state index contributed by atoms with van der Waals surface area (Å²) in [6, 6.07) is 0. The molecule has 0 spiro atoms. The van der Waals surface area contributed by atoms with E-state index in [4.69, 9.17) is 0 Å². The summed E-state index contributed by atoms with van der Waals surface area (Å²) in [7, 11) is 0. The molecule has 0 fully saturated rings. The first-order valence-corrected chi connectivity index (χ1v) is 4.38. The van der Waals surface area contributed by atoms with Crippen molar-refractivity contribution >= 4 is 0 Å². The molecule has 1 aliphatic rings. The molecule has 2 atom stereocenters. The molecule has 0 aromatic carbocycles. The van der Waals surface area contributed by atoms with E-state index in [1.807, 2.05) is 18.2 Å². The molecule has 12 heavy (non-hydrogen) atoms. The van der Waals surface area contributed by atoms with Gasteiger partial charge in [0.05, 0.1) is 0 Å². The molecule has 0 bridgehead atoms. The predicted molar refractivity (Wildman–Crippen MR) is 54.9 cm³/mol. The Kier molecular flexibility index (Phi) is 3.09. The average molecular weight is 160 g/mol. The lowest BCUT2D eigenvalue weighted by atomic mass is 9.82. The van der Waals surface area contributed by atoms with E-state index in [0.29, 0.717) is 11.8 Å². The molecule has 0 saturated carbocycles. The van der Waals surface area contributed by atoms with Crippen LogP contribution in [-0.2, 0) is 0 Å². The van der Waals surface area contributed by atoms with E-state index in [1.54, 1.807) is 0 Å². The van der Waals surface area contributed by atoms with Crippen LogP contribution < -0.4 is 0 Å². The predicted octanol–water partition coefficient (Wildman–Crippen LogP) is 3.50. The van der Waals surface area contributed by atoms with Crippen LogP contribution in [-0.4, -0.2) is 0 Å². The van der Waals surface area contributed by atoms with Gasteiger partial charge in [-0.3, -0.25) is 0 Å². The SMILES string of the molecule is C=CC1=CC(C=C)CC(C=C)C1. The minimum Gasteiger partial charge on any atom is -0.103 e. The molecule has 1 rings (SSSR count). The van der Waals surface area contributed by atoms with Crippen molar-refractivity contribution in [1.29, 1.82) is 0 Å². The number of hydrogen-bond acceptors (Lipinski definition) is 0. The monoisotopic (exact) mass is 160 g/mol. The quantitative estimate of drug-likeness (QED) is 0.554. The highest BCUT2D eigenvalue weighted by molar-refractivity contribution is 5.23. The maximum atomic E-state index is 3.83. The zero-order valence-corrected chi connectivity index (χ0v) is 7.50. The van der Waals surface area contributed by atoms with Crippen LogP contribution in [0.1, 0.15) is 12.8 Å². The second-order valence-corrected chi connectivity index (χ2v) is 3.28.